The molecule has 0 atom stereocenters. The molecule has 0 aliphatic carbocycles. The molecule has 27 heavy (non-hydrogen) atoms. The predicted molar refractivity (Wildman–Crippen MR) is 110 cm³/mol. The largest absolute Gasteiger partial charge is 0.384 e. The quantitative estimate of drug-likeness (QED) is 0.546. The molecule has 0 bridgehead atoms. The van der Waals surface area contributed by atoms with Crippen LogP contribution < -0.4 is 0 Å². The van der Waals surface area contributed by atoms with E-state index in [9.17, 15) is 5.11 Å². The molecule has 4 aromatic rings. The van der Waals surface area contributed by atoms with Crippen LogP contribution in [0, 0.1) is 0 Å². The molecule has 0 aliphatic rings. The normalized spacial score (nSPS) is 13.4. The Hall–Kier alpha value is -2.77. The Labute approximate surface area is 161 Å². The number of aromatic nitrogens is 4. The van der Waals surface area contributed by atoms with Gasteiger partial charge in [0.15, 0.2) is 4.96 Å². The van der Waals surface area contributed by atoms with Crippen LogP contribution in [0.3, 0.4) is 0 Å². The molecule has 4 aromatic heterocycles. The fourth-order valence-electron chi connectivity index (χ4n) is 3.23. The van der Waals surface area contributed by atoms with E-state index >= 15 is 0 Å². The second-order valence-electron chi connectivity index (χ2n) is 6.82. The van der Waals surface area contributed by atoms with E-state index in [1.807, 2.05) is 53.4 Å². The maximum absolute atomic E-state index is 10.5. The highest BCUT2D eigenvalue weighted by atomic mass is 32.1. The van der Waals surface area contributed by atoms with Crippen molar-refractivity contribution in [2.75, 3.05) is 7.05 Å². The third kappa shape index (κ3) is 2.89. The number of imidazole rings is 2. The zero-order chi connectivity index (χ0) is 19.2. The average Bonchev–Trinajstić information content (AvgIpc) is 3.31. The zero-order valence-electron chi connectivity index (χ0n) is 15.7. The fraction of sp³-hybridized carbons (Fsp3) is 0.250. The van der Waals surface area contributed by atoms with E-state index in [1.165, 1.54) is 0 Å². The van der Waals surface area contributed by atoms with Gasteiger partial charge in [0, 0.05) is 30.4 Å². The van der Waals surface area contributed by atoms with Crippen molar-refractivity contribution in [3.8, 4) is 11.3 Å². The highest BCUT2D eigenvalue weighted by molar-refractivity contribution is 7.15. The Morgan fingerprint density at radius 3 is 2.81 bits per heavy atom. The van der Waals surface area contributed by atoms with Crippen LogP contribution in [-0.2, 0) is 5.60 Å². The van der Waals surface area contributed by atoms with Gasteiger partial charge in [0.2, 0.25) is 0 Å². The first-order valence-corrected chi connectivity index (χ1v) is 9.57. The number of allylic oxidation sites excluding steroid dienone is 2. The summed E-state index contributed by atoms with van der Waals surface area (Å²) < 4.78 is 4.01. The Morgan fingerprint density at radius 2 is 2.11 bits per heavy atom. The number of thiazole rings is 1. The Bertz CT molecular complexity index is 1190. The van der Waals surface area contributed by atoms with Crippen molar-refractivity contribution in [1.82, 2.24) is 18.8 Å². The minimum absolute atomic E-state index is 0.741. The molecule has 0 unspecified atom stereocenters. The van der Waals surface area contributed by atoms with E-state index in [1.54, 1.807) is 38.4 Å². The molecule has 0 aromatic carbocycles. The molecule has 7 heteroatoms. The van der Waals surface area contributed by atoms with Crippen molar-refractivity contribution in [2.45, 2.75) is 26.4 Å². The third-order valence-electron chi connectivity index (χ3n) is 4.48. The van der Waals surface area contributed by atoms with Gasteiger partial charge in [0.05, 0.1) is 23.3 Å². The van der Waals surface area contributed by atoms with E-state index < -0.39 is 5.60 Å². The van der Waals surface area contributed by atoms with Crippen LogP contribution in [0.2, 0.25) is 0 Å². The van der Waals surface area contributed by atoms with Crippen LogP contribution in [0.4, 0.5) is 0 Å². The van der Waals surface area contributed by atoms with E-state index in [0.717, 1.165) is 39.0 Å². The first-order chi connectivity index (χ1) is 12.9. The van der Waals surface area contributed by atoms with Gasteiger partial charge in [-0.2, -0.15) is 0 Å². The Balaban J connectivity index is 2.00. The minimum Gasteiger partial charge on any atom is -0.384 e. The van der Waals surface area contributed by atoms with Crippen LogP contribution in [0.1, 0.15) is 32.2 Å². The van der Waals surface area contributed by atoms with Crippen molar-refractivity contribution in [1.29, 1.82) is 0 Å². The van der Waals surface area contributed by atoms with Gasteiger partial charge < -0.3 is 9.51 Å². The molecule has 0 aliphatic heterocycles. The monoisotopic (exact) mass is 379 g/mol. The van der Waals surface area contributed by atoms with Crippen molar-refractivity contribution in [2.24, 2.45) is 4.99 Å². The van der Waals surface area contributed by atoms with Crippen molar-refractivity contribution in [3.63, 3.8) is 0 Å². The van der Waals surface area contributed by atoms with Gasteiger partial charge in [-0.1, -0.05) is 6.08 Å². The van der Waals surface area contributed by atoms with Crippen molar-refractivity contribution >= 4 is 27.7 Å². The van der Waals surface area contributed by atoms with E-state index in [0.29, 0.717) is 0 Å². The number of hydrogen-bond acceptors (Lipinski definition) is 5. The van der Waals surface area contributed by atoms with Gasteiger partial charge in [-0.05, 0) is 39.0 Å². The first-order valence-electron chi connectivity index (χ1n) is 8.69. The lowest BCUT2D eigenvalue weighted by Crippen LogP contribution is -2.18. The smallest absolute Gasteiger partial charge is 0.194 e. The molecule has 0 saturated heterocycles. The molecule has 0 spiro atoms. The van der Waals surface area contributed by atoms with Crippen LogP contribution in [0.15, 0.2) is 53.2 Å². The van der Waals surface area contributed by atoms with Gasteiger partial charge in [0.1, 0.15) is 16.9 Å². The summed E-state index contributed by atoms with van der Waals surface area (Å²) in [5.74, 6) is 0. The van der Waals surface area contributed by atoms with Crippen LogP contribution in [0.25, 0.3) is 21.9 Å². The van der Waals surface area contributed by atoms with Crippen molar-refractivity contribution in [3.05, 3.63) is 59.6 Å². The lowest BCUT2D eigenvalue weighted by Gasteiger charge is -2.17. The summed E-state index contributed by atoms with van der Waals surface area (Å²) in [6, 6.07) is 3.99. The Morgan fingerprint density at radius 1 is 1.30 bits per heavy atom. The van der Waals surface area contributed by atoms with Gasteiger partial charge >= 0.3 is 0 Å². The molecule has 0 radical (unpaired) electrons. The molecule has 0 amide bonds. The molecule has 0 saturated carbocycles. The van der Waals surface area contributed by atoms with Crippen molar-refractivity contribution < 1.29 is 5.11 Å². The van der Waals surface area contributed by atoms with E-state index in [-0.39, 0.29) is 0 Å². The number of fused-ring (bicyclic) bond motifs is 2. The molecule has 1 N–H and O–H groups in total. The summed E-state index contributed by atoms with van der Waals surface area (Å²) in [6.45, 7) is 5.49. The maximum Gasteiger partial charge on any atom is 0.194 e. The summed E-state index contributed by atoms with van der Waals surface area (Å²) in [5, 5.41) is 12.5. The number of pyridine rings is 1. The van der Waals surface area contributed by atoms with Crippen LogP contribution in [-0.4, -0.2) is 36.6 Å². The maximum atomic E-state index is 10.5. The number of rotatable bonds is 4. The highest BCUT2D eigenvalue weighted by Gasteiger charge is 2.23. The van der Waals surface area contributed by atoms with E-state index in [4.69, 9.17) is 4.98 Å². The third-order valence-corrected chi connectivity index (χ3v) is 5.23. The topological polar surface area (TPSA) is 67.2 Å². The second-order valence-corrected chi connectivity index (χ2v) is 7.69. The highest BCUT2D eigenvalue weighted by Crippen LogP contribution is 2.30. The van der Waals surface area contributed by atoms with E-state index in [2.05, 4.69) is 14.4 Å². The molecule has 0 fully saturated rings. The van der Waals surface area contributed by atoms with Gasteiger partial charge in [-0.25, -0.2) is 9.97 Å². The van der Waals surface area contributed by atoms with Crippen LogP contribution in [0.5, 0.6) is 0 Å². The minimum atomic E-state index is -0.989. The molecule has 4 rings (SSSR count). The SMILES string of the molecule is C/C=C\C(=NC)c1nc2sccn2c1-c1ccc2ncc(C(C)(C)O)n2c1. The first kappa shape index (κ1) is 17.6. The van der Waals surface area contributed by atoms with Gasteiger partial charge in [-0.15, -0.1) is 11.3 Å². The molecular formula is C20H21N5OS. The second kappa shape index (κ2) is 6.44. The number of aliphatic imine (C=N–C) groups is 1. The average molecular weight is 379 g/mol. The molecule has 4 heterocycles. The summed E-state index contributed by atoms with van der Waals surface area (Å²) >= 11 is 1.59. The summed E-state index contributed by atoms with van der Waals surface area (Å²) in [4.78, 5) is 14.5. The van der Waals surface area contributed by atoms with Crippen LogP contribution >= 0.6 is 11.3 Å². The van der Waals surface area contributed by atoms with Gasteiger partial charge in [0.25, 0.3) is 0 Å². The summed E-state index contributed by atoms with van der Waals surface area (Å²) in [5.41, 5.74) is 4.17. The molecule has 6 nitrogen and oxygen atoms in total. The predicted octanol–water partition coefficient (Wildman–Crippen LogP) is 3.93. The number of aliphatic hydroxyl groups is 1. The lowest BCUT2D eigenvalue weighted by molar-refractivity contribution is 0.0730. The summed E-state index contributed by atoms with van der Waals surface area (Å²) in [7, 11) is 1.78. The summed E-state index contributed by atoms with van der Waals surface area (Å²) in [6.07, 6.45) is 9.67. The molecular weight excluding hydrogens is 358 g/mol. The Kier molecular flexibility index (Phi) is 4.20. The van der Waals surface area contributed by atoms with Gasteiger partial charge in [-0.3, -0.25) is 9.39 Å². The zero-order valence-corrected chi connectivity index (χ0v) is 16.5. The fourth-order valence-corrected chi connectivity index (χ4v) is 3.94. The lowest BCUT2D eigenvalue weighted by atomic mass is 10.1. The molecule has 138 valence electrons. The number of nitrogens with zero attached hydrogens (tertiary/aromatic N) is 5. The standard InChI is InChI=1S/C20H21N5OS/c1-5-6-14(21-4)17-18(24-9-10-27-19(24)23-17)13-7-8-16-22-11-15(20(2,3)26)25(16)12-13/h5-12,26H,1-4H3/b6-5-,21-14?. The number of hydrogen-bond donors (Lipinski definition) is 1.